The first-order valence-electron chi connectivity index (χ1n) is 24.1. The van der Waals surface area contributed by atoms with Crippen molar-refractivity contribution in [3.63, 3.8) is 0 Å². The lowest BCUT2D eigenvalue weighted by molar-refractivity contribution is -0.167. The first kappa shape index (κ1) is 54.4. The molecule has 1 unspecified atom stereocenters. The zero-order valence-corrected chi connectivity index (χ0v) is 37.6. The van der Waals surface area contributed by atoms with Crippen molar-refractivity contribution in [1.82, 2.24) is 0 Å². The van der Waals surface area contributed by atoms with Crippen LogP contribution in [0.4, 0.5) is 0 Å². The summed E-state index contributed by atoms with van der Waals surface area (Å²) in [5.41, 5.74) is 0. The minimum atomic E-state index is -0.781. The molecule has 0 aliphatic carbocycles. The number of hydrogen-bond donors (Lipinski definition) is 0. The van der Waals surface area contributed by atoms with Gasteiger partial charge in [0.05, 0.1) is 0 Å². The number of ether oxygens (including phenoxy) is 3. The Morgan fingerprint density at radius 2 is 0.684 bits per heavy atom. The van der Waals surface area contributed by atoms with Gasteiger partial charge in [-0.25, -0.2) is 0 Å². The van der Waals surface area contributed by atoms with E-state index >= 15 is 0 Å². The van der Waals surface area contributed by atoms with E-state index in [0.29, 0.717) is 19.3 Å². The van der Waals surface area contributed by atoms with Crippen LogP contribution in [0.25, 0.3) is 0 Å². The average molecular weight is 799 g/mol. The lowest BCUT2D eigenvalue weighted by atomic mass is 10.1. The summed E-state index contributed by atoms with van der Waals surface area (Å²) in [6.07, 6.45) is 53.8. The summed E-state index contributed by atoms with van der Waals surface area (Å²) in [6.45, 7) is 6.48. The zero-order valence-electron chi connectivity index (χ0n) is 37.6. The Morgan fingerprint density at radius 3 is 1.11 bits per heavy atom. The topological polar surface area (TPSA) is 78.9 Å². The Bertz CT molecular complexity index is 1010. The van der Waals surface area contributed by atoms with Gasteiger partial charge in [-0.1, -0.05) is 191 Å². The maximum absolute atomic E-state index is 12.7. The number of allylic oxidation sites excluding steroid dienone is 8. The van der Waals surface area contributed by atoms with Crippen LogP contribution in [0.15, 0.2) is 48.6 Å². The van der Waals surface area contributed by atoms with Crippen LogP contribution in [0, 0.1) is 0 Å². The SMILES string of the molecule is CC/C=C\C/C=C\C/C=C\CCCCCCCCC(=O)OCC(COC(=O)CCCCCCCCCCC)OC(=O)CCCCC/C=C\CCCCCCCCC. The van der Waals surface area contributed by atoms with Crippen LogP contribution < -0.4 is 0 Å². The summed E-state index contributed by atoms with van der Waals surface area (Å²) in [7, 11) is 0. The fourth-order valence-corrected chi connectivity index (χ4v) is 6.69. The van der Waals surface area contributed by atoms with E-state index in [0.717, 1.165) is 96.3 Å². The van der Waals surface area contributed by atoms with Gasteiger partial charge in [-0.05, 0) is 77.0 Å². The predicted octanol–water partition coefficient (Wildman–Crippen LogP) is 15.5. The fraction of sp³-hybridized carbons (Fsp3) is 0.784. The van der Waals surface area contributed by atoms with E-state index in [1.54, 1.807) is 0 Å². The molecule has 0 fully saturated rings. The van der Waals surface area contributed by atoms with Crippen LogP contribution in [-0.4, -0.2) is 37.2 Å². The van der Waals surface area contributed by atoms with Crippen molar-refractivity contribution in [2.75, 3.05) is 13.2 Å². The van der Waals surface area contributed by atoms with Gasteiger partial charge in [0.15, 0.2) is 6.10 Å². The molecule has 1 atom stereocenters. The highest BCUT2D eigenvalue weighted by Gasteiger charge is 2.19. The highest BCUT2D eigenvalue weighted by Crippen LogP contribution is 2.14. The Morgan fingerprint density at radius 1 is 0.368 bits per heavy atom. The Kier molecular flexibility index (Phi) is 43.9. The van der Waals surface area contributed by atoms with Gasteiger partial charge >= 0.3 is 17.9 Å². The molecule has 0 rings (SSSR count). The highest BCUT2D eigenvalue weighted by atomic mass is 16.6. The van der Waals surface area contributed by atoms with Gasteiger partial charge in [0, 0.05) is 19.3 Å². The van der Waals surface area contributed by atoms with E-state index in [1.165, 1.54) is 103 Å². The minimum Gasteiger partial charge on any atom is -0.462 e. The van der Waals surface area contributed by atoms with Crippen molar-refractivity contribution >= 4 is 17.9 Å². The summed E-state index contributed by atoms with van der Waals surface area (Å²) >= 11 is 0. The van der Waals surface area contributed by atoms with Crippen LogP contribution >= 0.6 is 0 Å². The number of rotatable bonds is 43. The van der Waals surface area contributed by atoms with Crippen molar-refractivity contribution in [1.29, 1.82) is 0 Å². The van der Waals surface area contributed by atoms with E-state index < -0.39 is 6.10 Å². The van der Waals surface area contributed by atoms with Gasteiger partial charge < -0.3 is 14.2 Å². The van der Waals surface area contributed by atoms with E-state index in [-0.39, 0.29) is 31.1 Å². The monoisotopic (exact) mass is 799 g/mol. The molecule has 57 heavy (non-hydrogen) atoms. The Labute approximate surface area is 352 Å². The lowest BCUT2D eigenvalue weighted by Gasteiger charge is -2.18. The molecule has 6 heteroatoms. The zero-order chi connectivity index (χ0) is 41.5. The van der Waals surface area contributed by atoms with E-state index in [1.807, 2.05) is 0 Å². The van der Waals surface area contributed by atoms with E-state index in [9.17, 15) is 14.4 Å². The van der Waals surface area contributed by atoms with Gasteiger partial charge in [-0.3, -0.25) is 14.4 Å². The highest BCUT2D eigenvalue weighted by molar-refractivity contribution is 5.71. The number of carbonyl (C=O) groups excluding carboxylic acids is 3. The third-order valence-electron chi connectivity index (χ3n) is 10.3. The molecule has 0 saturated heterocycles. The van der Waals surface area contributed by atoms with Gasteiger partial charge in [-0.2, -0.15) is 0 Å². The van der Waals surface area contributed by atoms with Crippen LogP contribution in [0.1, 0.15) is 239 Å². The molecule has 0 saturated carbocycles. The minimum absolute atomic E-state index is 0.0820. The van der Waals surface area contributed by atoms with Gasteiger partial charge in [0.1, 0.15) is 13.2 Å². The first-order valence-corrected chi connectivity index (χ1v) is 24.1. The molecule has 0 aromatic heterocycles. The molecule has 0 radical (unpaired) electrons. The first-order chi connectivity index (χ1) is 28.0. The maximum atomic E-state index is 12.7. The third-order valence-corrected chi connectivity index (χ3v) is 10.3. The van der Waals surface area contributed by atoms with Crippen molar-refractivity contribution < 1.29 is 28.6 Å². The normalized spacial score (nSPS) is 12.4. The van der Waals surface area contributed by atoms with Crippen molar-refractivity contribution in [2.45, 2.75) is 245 Å². The molecule has 0 aliphatic rings. The molecule has 0 aliphatic heterocycles. The molecule has 6 nitrogen and oxygen atoms in total. The summed E-state index contributed by atoms with van der Waals surface area (Å²) < 4.78 is 16.7. The number of carbonyl (C=O) groups is 3. The van der Waals surface area contributed by atoms with Crippen LogP contribution in [0.5, 0.6) is 0 Å². The second-order valence-electron chi connectivity index (χ2n) is 16.0. The smallest absolute Gasteiger partial charge is 0.306 e. The third kappa shape index (κ3) is 44.3. The summed E-state index contributed by atoms with van der Waals surface area (Å²) in [6, 6.07) is 0. The number of esters is 3. The summed E-state index contributed by atoms with van der Waals surface area (Å²) in [5, 5.41) is 0. The van der Waals surface area contributed by atoms with Crippen molar-refractivity contribution in [2.24, 2.45) is 0 Å². The molecule has 0 N–H and O–H groups in total. The molecule has 0 heterocycles. The summed E-state index contributed by atoms with van der Waals surface area (Å²) in [4.78, 5) is 37.8. The average Bonchev–Trinajstić information content (AvgIpc) is 3.21. The van der Waals surface area contributed by atoms with Crippen LogP contribution in [-0.2, 0) is 28.6 Å². The largest absolute Gasteiger partial charge is 0.462 e. The molecule has 0 bridgehead atoms. The van der Waals surface area contributed by atoms with Crippen LogP contribution in [0.2, 0.25) is 0 Å². The standard InChI is InChI=1S/C51H90O6/c1-4-7-10-13-16-19-21-23-25-26-28-29-32-35-38-41-44-50(53)56-47-48(46-55-49(52)43-40-37-34-31-18-15-12-9-6-3)57-51(54)45-42-39-36-33-30-27-24-22-20-17-14-11-8-5-2/h7,10,16,19,23,25,27,30,48H,4-6,8-9,11-15,17-18,20-22,24,26,28-29,31-47H2,1-3H3/b10-7-,19-16-,25-23-,30-27-. The molecular formula is C51H90O6. The maximum Gasteiger partial charge on any atom is 0.306 e. The van der Waals surface area contributed by atoms with Crippen LogP contribution in [0.3, 0.4) is 0 Å². The fourth-order valence-electron chi connectivity index (χ4n) is 6.69. The molecule has 0 amide bonds. The van der Waals surface area contributed by atoms with Crippen molar-refractivity contribution in [3.05, 3.63) is 48.6 Å². The quantitative estimate of drug-likeness (QED) is 0.0265. The molecular weight excluding hydrogens is 709 g/mol. The molecule has 0 aromatic carbocycles. The second kappa shape index (κ2) is 46.1. The van der Waals surface area contributed by atoms with Gasteiger partial charge in [0.25, 0.3) is 0 Å². The molecule has 330 valence electrons. The molecule has 0 aromatic rings. The van der Waals surface area contributed by atoms with Gasteiger partial charge in [0.2, 0.25) is 0 Å². The Hall–Kier alpha value is -2.63. The second-order valence-corrected chi connectivity index (χ2v) is 16.0. The van der Waals surface area contributed by atoms with E-state index in [4.69, 9.17) is 14.2 Å². The van der Waals surface area contributed by atoms with Crippen molar-refractivity contribution in [3.8, 4) is 0 Å². The lowest BCUT2D eigenvalue weighted by Crippen LogP contribution is -2.30. The van der Waals surface area contributed by atoms with E-state index in [2.05, 4.69) is 69.4 Å². The summed E-state index contributed by atoms with van der Waals surface area (Å²) in [5.74, 6) is -0.912. The predicted molar refractivity (Wildman–Crippen MR) is 242 cm³/mol. The number of hydrogen-bond acceptors (Lipinski definition) is 6. The molecule has 0 spiro atoms. The number of unbranched alkanes of at least 4 members (excludes halogenated alkanes) is 24. The van der Waals surface area contributed by atoms with Gasteiger partial charge in [-0.15, -0.1) is 0 Å². The Balaban J connectivity index is 4.37.